The number of aromatic nitrogens is 6. The van der Waals surface area contributed by atoms with E-state index in [1.54, 1.807) is 18.6 Å². The van der Waals surface area contributed by atoms with Crippen molar-refractivity contribution in [2.75, 3.05) is 18.0 Å². The van der Waals surface area contributed by atoms with Crippen LogP contribution in [0.1, 0.15) is 44.2 Å². The van der Waals surface area contributed by atoms with Crippen molar-refractivity contribution in [3.63, 3.8) is 0 Å². The van der Waals surface area contributed by atoms with Gasteiger partial charge in [-0.25, -0.2) is 15.0 Å². The molecule has 8 nitrogen and oxygen atoms in total. The smallest absolute Gasteiger partial charge is 0.229 e. The van der Waals surface area contributed by atoms with Crippen LogP contribution in [0.4, 0.5) is 5.95 Å². The van der Waals surface area contributed by atoms with Crippen molar-refractivity contribution in [2.45, 2.75) is 40.0 Å². The SMILES string of the molecule is C=C(N)c1cc(C)cc2c1nc(N1CCCCC1)n1nc(-c3cnccn3)nc21.CC. The van der Waals surface area contributed by atoms with Gasteiger partial charge in [-0.05, 0) is 43.9 Å². The molecule has 1 aromatic carbocycles. The molecule has 160 valence electrons. The number of benzene rings is 1. The Balaban J connectivity index is 0.00000112. The number of nitrogens with two attached hydrogens (primary N) is 1. The van der Waals surface area contributed by atoms with Gasteiger partial charge in [-0.1, -0.05) is 20.4 Å². The minimum Gasteiger partial charge on any atom is -0.399 e. The third-order valence-electron chi connectivity index (χ3n) is 5.28. The van der Waals surface area contributed by atoms with Gasteiger partial charge in [0.15, 0.2) is 5.65 Å². The maximum Gasteiger partial charge on any atom is 0.229 e. The van der Waals surface area contributed by atoms with E-state index in [0.717, 1.165) is 59.6 Å². The molecule has 0 saturated carbocycles. The summed E-state index contributed by atoms with van der Waals surface area (Å²) in [5.41, 5.74) is 10.7. The maximum atomic E-state index is 6.11. The van der Waals surface area contributed by atoms with Gasteiger partial charge < -0.3 is 10.6 Å². The van der Waals surface area contributed by atoms with E-state index in [2.05, 4.69) is 27.5 Å². The van der Waals surface area contributed by atoms with Crippen molar-refractivity contribution < 1.29 is 0 Å². The quantitative estimate of drug-likeness (QED) is 0.539. The van der Waals surface area contributed by atoms with Crippen molar-refractivity contribution in [1.29, 1.82) is 0 Å². The molecule has 0 radical (unpaired) electrons. The monoisotopic (exact) mass is 416 g/mol. The Bertz CT molecular complexity index is 1220. The van der Waals surface area contributed by atoms with Crippen LogP contribution in [0.25, 0.3) is 33.8 Å². The molecule has 0 atom stereocenters. The van der Waals surface area contributed by atoms with Crippen LogP contribution in [0, 0.1) is 6.92 Å². The zero-order valence-electron chi connectivity index (χ0n) is 18.3. The number of anilines is 1. The molecule has 4 heterocycles. The van der Waals surface area contributed by atoms with Crippen LogP contribution in [-0.2, 0) is 0 Å². The number of hydrogen-bond donors (Lipinski definition) is 1. The van der Waals surface area contributed by atoms with Gasteiger partial charge in [-0.3, -0.25) is 4.98 Å². The highest BCUT2D eigenvalue weighted by atomic mass is 15.4. The van der Waals surface area contributed by atoms with Crippen molar-refractivity contribution in [3.05, 3.63) is 48.4 Å². The molecule has 0 amide bonds. The number of rotatable bonds is 3. The van der Waals surface area contributed by atoms with Gasteiger partial charge in [-0.15, -0.1) is 5.10 Å². The first-order valence-corrected chi connectivity index (χ1v) is 10.8. The summed E-state index contributed by atoms with van der Waals surface area (Å²) in [4.78, 5) is 20.6. The molecule has 8 heteroatoms. The molecule has 0 spiro atoms. The van der Waals surface area contributed by atoms with Crippen molar-refractivity contribution in [1.82, 2.24) is 29.5 Å². The van der Waals surface area contributed by atoms with E-state index in [1.807, 2.05) is 31.4 Å². The number of hydrogen-bond acceptors (Lipinski definition) is 7. The molecule has 0 unspecified atom stereocenters. The van der Waals surface area contributed by atoms with E-state index in [0.29, 0.717) is 17.2 Å². The normalized spacial score (nSPS) is 13.8. The van der Waals surface area contributed by atoms with Crippen LogP contribution < -0.4 is 10.6 Å². The molecule has 1 aliphatic rings. The minimum absolute atomic E-state index is 0.494. The molecule has 0 aliphatic carbocycles. The Morgan fingerprint density at radius 2 is 1.84 bits per heavy atom. The minimum atomic E-state index is 0.494. The maximum absolute atomic E-state index is 6.11. The fourth-order valence-corrected chi connectivity index (χ4v) is 3.91. The van der Waals surface area contributed by atoms with E-state index in [4.69, 9.17) is 20.8 Å². The summed E-state index contributed by atoms with van der Waals surface area (Å²) < 4.78 is 1.83. The summed E-state index contributed by atoms with van der Waals surface area (Å²) in [6, 6.07) is 4.09. The van der Waals surface area contributed by atoms with Crippen LogP contribution in [-0.4, -0.2) is 42.6 Å². The van der Waals surface area contributed by atoms with Gasteiger partial charge in [0.1, 0.15) is 5.69 Å². The summed E-state index contributed by atoms with van der Waals surface area (Å²) in [7, 11) is 0. The Labute approximate surface area is 181 Å². The molecule has 0 bridgehead atoms. The van der Waals surface area contributed by atoms with E-state index in [-0.39, 0.29) is 0 Å². The molecule has 1 fully saturated rings. The average Bonchev–Trinajstić information content (AvgIpc) is 3.26. The standard InChI is InChI=1S/C21H22N8.C2H6/c1-13-10-15(14(2)22)18-16(11-13)20-26-19(17-12-23-6-7-24-17)27-29(20)21(25-18)28-8-4-3-5-9-28;1-2/h6-7,10-12H,2-5,8-9,22H2,1H3;1-2H3. The first-order valence-electron chi connectivity index (χ1n) is 10.8. The van der Waals surface area contributed by atoms with Crippen molar-refractivity contribution in [3.8, 4) is 11.5 Å². The van der Waals surface area contributed by atoms with Gasteiger partial charge in [-0.2, -0.15) is 4.52 Å². The highest BCUT2D eigenvalue weighted by molar-refractivity contribution is 5.99. The largest absolute Gasteiger partial charge is 0.399 e. The Morgan fingerprint density at radius 3 is 2.52 bits per heavy atom. The zero-order chi connectivity index (χ0) is 22.0. The molecule has 5 rings (SSSR count). The third-order valence-corrected chi connectivity index (χ3v) is 5.28. The number of piperidine rings is 1. The highest BCUT2D eigenvalue weighted by Gasteiger charge is 2.22. The number of nitrogens with zero attached hydrogens (tertiary/aromatic N) is 7. The third kappa shape index (κ3) is 3.81. The summed E-state index contributed by atoms with van der Waals surface area (Å²) in [5, 5.41) is 5.66. The summed E-state index contributed by atoms with van der Waals surface area (Å²) in [6.45, 7) is 11.9. The summed E-state index contributed by atoms with van der Waals surface area (Å²) in [5.74, 6) is 1.31. The highest BCUT2D eigenvalue weighted by Crippen LogP contribution is 2.30. The van der Waals surface area contributed by atoms with Crippen LogP contribution >= 0.6 is 0 Å². The van der Waals surface area contributed by atoms with Gasteiger partial charge >= 0.3 is 0 Å². The second-order valence-corrected chi connectivity index (χ2v) is 7.45. The van der Waals surface area contributed by atoms with Crippen LogP contribution in [0.5, 0.6) is 0 Å². The summed E-state index contributed by atoms with van der Waals surface area (Å²) in [6.07, 6.45) is 8.46. The lowest BCUT2D eigenvalue weighted by Gasteiger charge is -2.28. The van der Waals surface area contributed by atoms with Crippen LogP contribution in [0.2, 0.25) is 0 Å². The predicted octanol–water partition coefficient (Wildman–Crippen LogP) is 3.99. The predicted molar refractivity (Wildman–Crippen MR) is 125 cm³/mol. The molecule has 1 aliphatic heterocycles. The molecule has 1 saturated heterocycles. The molecule has 4 aromatic rings. The lowest BCUT2D eigenvalue weighted by Crippen LogP contribution is -2.32. The van der Waals surface area contributed by atoms with E-state index >= 15 is 0 Å². The van der Waals surface area contributed by atoms with E-state index in [9.17, 15) is 0 Å². The van der Waals surface area contributed by atoms with Gasteiger partial charge in [0.05, 0.1) is 11.7 Å². The number of aryl methyl sites for hydroxylation is 1. The van der Waals surface area contributed by atoms with Gasteiger partial charge in [0.2, 0.25) is 11.8 Å². The Morgan fingerprint density at radius 1 is 1.06 bits per heavy atom. The second kappa shape index (κ2) is 8.67. The fourth-order valence-electron chi connectivity index (χ4n) is 3.91. The lowest BCUT2D eigenvalue weighted by atomic mass is 10.0. The van der Waals surface area contributed by atoms with Crippen LogP contribution in [0.3, 0.4) is 0 Å². The summed E-state index contributed by atoms with van der Waals surface area (Å²) >= 11 is 0. The lowest BCUT2D eigenvalue weighted by molar-refractivity contribution is 0.563. The first kappa shape index (κ1) is 20.7. The Kier molecular flexibility index (Phi) is 5.79. The molecule has 3 aromatic heterocycles. The van der Waals surface area contributed by atoms with E-state index < -0.39 is 0 Å². The molecule has 2 N–H and O–H groups in total. The Hall–Kier alpha value is -3.55. The van der Waals surface area contributed by atoms with Gasteiger partial charge in [0, 0.05) is 42.1 Å². The van der Waals surface area contributed by atoms with Crippen molar-refractivity contribution in [2.24, 2.45) is 5.73 Å². The van der Waals surface area contributed by atoms with E-state index in [1.165, 1.54) is 6.42 Å². The van der Waals surface area contributed by atoms with Crippen molar-refractivity contribution >= 4 is 28.2 Å². The average molecular weight is 417 g/mol. The fraction of sp³-hybridized carbons (Fsp3) is 0.348. The topological polar surface area (TPSA) is 98.1 Å². The molecule has 31 heavy (non-hydrogen) atoms. The molecular formula is C23H28N8. The number of fused-ring (bicyclic) bond motifs is 3. The molecular weight excluding hydrogens is 388 g/mol. The van der Waals surface area contributed by atoms with Crippen LogP contribution in [0.15, 0.2) is 37.3 Å². The first-order chi connectivity index (χ1) is 15.1. The zero-order valence-corrected chi connectivity index (χ0v) is 18.3. The van der Waals surface area contributed by atoms with Gasteiger partial charge in [0.25, 0.3) is 0 Å². The second-order valence-electron chi connectivity index (χ2n) is 7.45.